The van der Waals surface area contributed by atoms with Crippen LogP contribution in [0.5, 0.6) is 0 Å². The van der Waals surface area contributed by atoms with E-state index in [-0.39, 0.29) is 17.2 Å². The fourth-order valence-corrected chi connectivity index (χ4v) is 1.44. The van der Waals surface area contributed by atoms with Crippen LogP contribution in [0.2, 0.25) is 0 Å². The fourth-order valence-electron chi connectivity index (χ4n) is 1.44. The van der Waals surface area contributed by atoms with E-state index in [0.29, 0.717) is 6.20 Å². The van der Waals surface area contributed by atoms with Crippen LogP contribution in [0.1, 0.15) is 5.56 Å². The summed E-state index contributed by atoms with van der Waals surface area (Å²) in [6.07, 6.45) is -3.91. The minimum atomic E-state index is -4.54. The SMILES string of the molecule is Nc1ncc(C(F)(F)F)cc1Nc1ccccc1F. The quantitative estimate of drug-likeness (QED) is 0.821. The van der Waals surface area contributed by atoms with Crippen molar-refractivity contribution in [3.63, 3.8) is 0 Å². The highest BCUT2D eigenvalue weighted by atomic mass is 19.4. The maximum absolute atomic E-state index is 13.4. The first-order chi connectivity index (χ1) is 8.88. The molecule has 2 aromatic rings. The van der Waals surface area contributed by atoms with Crippen LogP contribution in [0.4, 0.5) is 34.8 Å². The van der Waals surface area contributed by atoms with Gasteiger partial charge in [-0.15, -0.1) is 0 Å². The molecule has 0 amide bonds. The van der Waals surface area contributed by atoms with Crippen LogP contribution in [0.3, 0.4) is 0 Å². The largest absolute Gasteiger partial charge is 0.417 e. The van der Waals surface area contributed by atoms with E-state index in [2.05, 4.69) is 10.3 Å². The van der Waals surface area contributed by atoms with Crippen molar-refractivity contribution in [2.45, 2.75) is 6.18 Å². The zero-order valence-corrected chi connectivity index (χ0v) is 9.50. The van der Waals surface area contributed by atoms with Crippen LogP contribution in [-0.4, -0.2) is 4.98 Å². The first-order valence-electron chi connectivity index (χ1n) is 5.22. The standard InChI is InChI=1S/C12H9F4N3/c13-8-3-1-2-4-9(8)19-10-5-7(12(14,15)16)6-18-11(10)17/h1-6,19H,(H2,17,18). The van der Waals surface area contributed by atoms with Gasteiger partial charge in [0.1, 0.15) is 11.6 Å². The minimum Gasteiger partial charge on any atom is -0.382 e. The normalized spacial score (nSPS) is 11.4. The summed E-state index contributed by atoms with van der Waals surface area (Å²) >= 11 is 0. The predicted molar refractivity (Wildman–Crippen MR) is 63.3 cm³/mol. The molecule has 0 unspecified atom stereocenters. The molecule has 0 fully saturated rings. The number of nitrogens with zero attached hydrogens (tertiary/aromatic N) is 1. The lowest BCUT2D eigenvalue weighted by atomic mass is 10.2. The van der Waals surface area contributed by atoms with E-state index in [1.165, 1.54) is 18.2 Å². The van der Waals surface area contributed by atoms with E-state index in [1.807, 2.05) is 0 Å². The Balaban J connectivity index is 2.38. The van der Waals surface area contributed by atoms with Crippen molar-refractivity contribution in [3.05, 3.63) is 47.9 Å². The molecule has 3 N–H and O–H groups in total. The van der Waals surface area contributed by atoms with Crippen LogP contribution < -0.4 is 11.1 Å². The van der Waals surface area contributed by atoms with Gasteiger partial charge in [-0.25, -0.2) is 9.37 Å². The molecule has 100 valence electrons. The Morgan fingerprint density at radius 1 is 1.11 bits per heavy atom. The van der Waals surface area contributed by atoms with E-state index in [1.54, 1.807) is 6.07 Å². The van der Waals surface area contributed by atoms with E-state index < -0.39 is 17.6 Å². The van der Waals surface area contributed by atoms with Gasteiger partial charge in [-0.3, -0.25) is 0 Å². The van der Waals surface area contributed by atoms with Gasteiger partial charge in [-0.1, -0.05) is 12.1 Å². The number of alkyl halides is 3. The number of nitrogen functional groups attached to an aromatic ring is 1. The summed E-state index contributed by atoms with van der Waals surface area (Å²) in [7, 11) is 0. The van der Waals surface area contributed by atoms with Crippen LogP contribution in [0, 0.1) is 5.82 Å². The van der Waals surface area contributed by atoms with E-state index in [0.717, 1.165) is 6.07 Å². The first kappa shape index (κ1) is 13.1. The van der Waals surface area contributed by atoms with Crippen LogP contribution in [-0.2, 0) is 6.18 Å². The molecule has 2 rings (SSSR count). The van der Waals surface area contributed by atoms with Gasteiger partial charge >= 0.3 is 6.18 Å². The average Bonchev–Trinajstić information content (AvgIpc) is 2.33. The van der Waals surface area contributed by atoms with Crippen LogP contribution in [0.15, 0.2) is 36.5 Å². The van der Waals surface area contributed by atoms with Crippen molar-refractivity contribution in [3.8, 4) is 0 Å². The van der Waals surface area contributed by atoms with Gasteiger partial charge < -0.3 is 11.1 Å². The Bertz CT molecular complexity index is 596. The zero-order valence-electron chi connectivity index (χ0n) is 9.50. The summed E-state index contributed by atoms with van der Waals surface area (Å²) in [5, 5.41) is 2.49. The number of para-hydroxylation sites is 1. The summed E-state index contributed by atoms with van der Waals surface area (Å²) in [4.78, 5) is 3.44. The lowest BCUT2D eigenvalue weighted by molar-refractivity contribution is -0.137. The molecule has 1 heterocycles. The number of hydrogen-bond acceptors (Lipinski definition) is 3. The third-order valence-electron chi connectivity index (χ3n) is 2.39. The lowest BCUT2D eigenvalue weighted by Gasteiger charge is -2.12. The Kier molecular flexibility index (Phi) is 3.28. The second-order valence-corrected chi connectivity index (χ2v) is 3.76. The highest BCUT2D eigenvalue weighted by molar-refractivity contribution is 5.70. The topological polar surface area (TPSA) is 50.9 Å². The molecule has 1 aromatic carbocycles. The average molecular weight is 271 g/mol. The monoisotopic (exact) mass is 271 g/mol. The second kappa shape index (κ2) is 4.75. The van der Waals surface area contributed by atoms with Crippen molar-refractivity contribution in [1.82, 2.24) is 4.98 Å². The molecule has 1 aromatic heterocycles. The Labute approximate surface area is 106 Å². The molecule has 19 heavy (non-hydrogen) atoms. The Hall–Kier alpha value is -2.31. The first-order valence-corrected chi connectivity index (χ1v) is 5.22. The third kappa shape index (κ3) is 2.93. The summed E-state index contributed by atoms with van der Waals surface area (Å²) < 4.78 is 51.0. The van der Waals surface area contributed by atoms with Gasteiger partial charge in [0.05, 0.1) is 16.9 Å². The van der Waals surface area contributed by atoms with E-state index >= 15 is 0 Å². The molecule has 0 spiro atoms. The highest BCUT2D eigenvalue weighted by Gasteiger charge is 2.31. The summed E-state index contributed by atoms with van der Waals surface area (Å²) in [6, 6.07) is 6.36. The molecule has 0 saturated heterocycles. The number of anilines is 3. The maximum atomic E-state index is 13.4. The van der Waals surface area contributed by atoms with E-state index in [9.17, 15) is 17.6 Å². The minimum absolute atomic E-state index is 0.0234. The molecule has 7 heteroatoms. The van der Waals surface area contributed by atoms with Crippen molar-refractivity contribution in [2.75, 3.05) is 11.1 Å². The number of hydrogen-bond donors (Lipinski definition) is 2. The molecule has 0 atom stereocenters. The van der Waals surface area contributed by atoms with Gasteiger partial charge in [-0.2, -0.15) is 13.2 Å². The molecule has 0 aliphatic rings. The van der Waals surface area contributed by atoms with Crippen molar-refractivity contribution in [2.24, 2.45) is 0 Å². The zero-order chi connectivity index (χ0) is 14.0. The van der Waals surface area contributed by atoms with Crippen LogP contribution in [0.25, 0.3) is 0 Å². The number of rotatable bonds is 2. The number of benzene rings is 1. The molecule has 0 aliphatic carbocycles. The lowest BCUT2D eigenvalue weighted by Crippen LogP contribution is -2.08. The van der Waals surface area contributed by atoms with Crippen LogP contribution >= 0.6 is 0 Å². The van der Waals surface area contributed by atoms with Crippen molar-refractivity contribution in [1.29, 1.82) is 0 Å². The van der Waals surface area contributed by atoms with Gasteiger partial charge in [0.25, 0.3) is 0 Å². The second-order valence-electron chi connectivity index (χ2n) is 3.76. The van der Waals surface area contributed by atoms with Gasteiger partial charge in [0, 0.05) is 6.20 Å². The van der Waals surface area contributed by atoms with Gasteiger partial charge in [0.2, 0.25) is 0 Å². The van der Waals surface area contributed by atoms with Crippen molar-refractivity contribution >= 4 is 17.2 Å². The number of nitrogens with one attached hydrogen (secondary N) is 1. The molecule has 3 nitrogen and oxygen atoms in total. The summed E-state index contributed by atoms with van der Waals surface area (Å²) in [5.74, 6) is -0.740. The van der Waals surface area contributed by atoms with Gasteiger partial charge in [-0.05, 0) is 18.2 Å². The fraction of sp³-hybridized carbons (Fsp3) is 0.0833. The van der Waals surface area contributed by atoms with E-state index in [4.69, 9.17) is 5.73 Å². The molecular formula is C12H9F4N3. The molecule has 0 saturated carbocycles. The van der Waals surface area contributed by atoms with Gasteiger partial charge in [0.15, 0.2) is 0 Å². The number of pyridine rings is 1. The Morgan fingerprint density at radius 3 is 2.42 bits per heavy atom. The summed E-state index contributed by atoms with van der Waals surface area (Å²) in [5.41, 5.74) is 4.44. The maximum Gasteiger partial charge on any atom is 0.417 e. The smallest absolute Gasteiger partial charge is 0.382 e. The highest BCUT2D eigenvalue weighted by Crippen LogP contribution is 2.33. The molecular weight excluding hydrogens is 262 g/mol. The Morgan fingerprint density at radius 2 is 1.79 bits per heavy atom. The molecule has 0 radical (unpaired) electrons. The van der Waals surface area contributed by atoms with Crippen molar-refractivity contribution < 1.29 is 17.6 Å². The third-order valence-corrected chi connectivity index (χ3v) is 2.39. The summed E-state index contributed by atoms with van der Waals surface area (Å²) in [6.45, 7) is 0. The number of aromatic nitrogens is 1. The number of halogens is 4. The number of nitrogens with two attached hydrogens (primary N) is 1. The predicted octanol–water partition coefficient (Wildman–Crippen LogP) is 3.57. The molecule has 0 bridgehead atoms. The molecule has 0 aliphatic heterocycles.